The van der Waals surface area contributed by atoms with Crippen LogP contribution >= 0.6 is 11.6 Å². The number of ether oxygens (including phenoxy) is 1. The van der Waals surface area contributed by atoms with Crippen molar-refractivity contribution in [2.45, 2.75) is 19.2 Å². The summed E-state index contributed by atoms with van der Waals surface area (Å²) >= 11 is 6.05. The maximum atomic E-state index is 13.3. The average molecular weight is 538 g/mol. The van der Waals surface area contributed by atoms with Gasteiger partial charge in [0.1, 0.15) is 5.58 Å². The predicted octanol–water partition coefficient (Wildman–Crippen LogP) is 8.10. The number of alkyl halides is 3. The van der Waals surface area contributed by atoms with E-state index in [0.717, 1.165) is 29.0 Å². The molecule has 0 bridgehead atoms. The van der Waals surface area contributed by atoms with Gasteiger partial charge in [0.15, 0.2) is 0 Å². The Morgan fingerprint density at radius 1 is 0.921 bits per heavy atom. The van der Waals surface area contributed by atoms with Crippen LogP contribution in [0.25, 0.3) is 21.7 Å². The third-order valence-corrected chi connectivity index (χ3v) is 6.46. The number of hydrogen-bond donors (Lipinski definition) is 1. The first-order valence-electron chi connectivity index (χ1n) is 11.5. The van der Waals surface area contributed by atoms with E-state index in [0.29, 0.717) is 22.1 Å². The van der Waals surface area contributed by atoms with E-state index in [4.69, 9.17) is 20.8 Å². The van der Waals surface area contributed by atoms with Gasteiger partial charge in [-0.25, -0.2) is 4.79 Å². The molecule has 4 aromatic carbocycles. The molecule has 9 heteroatoms. The summed E-state index contributed by atoms with van der Waals surface area (Å²) in [6.45, 7) is 1.71. The summed E-state index contributed by atoms with van der Waals surface area (Å²) in [6.07, 6.45) is -6.14. The summed E-state index contributed by atoms with van der Waals surface area (Å²) in [5, 5.41) is 4.71. The molecule has 5 rings (SSSR count). The van der Waals surface area contributed by atoms with Gasteiger partial charge in [0.25, 0.3) is 5.91 Å². The fourth-order valence-electron chi connectivity index (χ4n) is 4.20. The zero-order chi connectivity index (χ0) is 27.0. The van der Waals surface area contributed by atoms with E-state index in [2.05, 4.69) is 5.32 Å². The molecule has 0 aliphatic heterocycles. The maximum Gasteiger partial charge on any atom is 0.416 e. The van der Waals surface area contributed by atoms with E-state index in [-0.39, 0.29) is 16.5 Å². The molecule has 0 saturated heterocycles. The Morgan fingerprint density at radius 2 is 1.63 bits per heavy atom. The van der Waals surface area contributed by atoms with Gasteiger partial charge in [0.2, 0.25) is 11.9 Å². The number of carbonyl (C=O) groups excluding carboxylic acids is 2. The first-order valence-corrected chi connectivity index (χ1v) is 11.9. The van der Waals surface area contributed by atoms with E-state index in [1.54, 1.807) is 37.3 Å². The number of hydrogen-bond acceptors (Lipinski definition) is 4. The van der Waals surface area contributed by atoms with Crippen LogP contribution < -0.4 is 5.32 Å². The van der Waals surface area contributed by atoms with E-state index in [9.17, 15) is 22.8 Å². The highest BCUT2D eigenvalue weighted by atomic mass is 35.5. The molecule has 1 amide bonds. The number of amides is 1. The zero-order valence-corrected chi connectivity index (χ0v) is 20.6. The quantitative estimate of drug-likeness (QED) is 0.230. The van der Waals surface area contributed by atoms with E-state index >= 15 is 0 Å². The van der Waals surface area contributed by atoms with Crippen molar-refractivity contribution in [3.8, 4) is 0 Å². The van der Waals surface area contributed by atoms with Gasteiger partial charge in [-0.3, -0.25) is 4.79 Å². The van der Waals surface area contributed by atoms with Gasteiger partial charge in [0.05, 0.1) is 16.3 Å². The summed E-state index contributed by atoms with van der Waals surface area (Å²) in [5.41, 5.74) is 0.0824. The lowest BCUT2D eigenvalue weighted by atomic mass is 10.1. The minimum Gasteiger partial charge on any atom is -0.448 e. The minimum atomic E-state index is -4.64. The molecule has 1 heterocycles. The smallest absolute Gasteiger partial charge is 0.416 e. The number of carbonyl (C=O) groups is 2. The third kappa shape index (κ3) is 4.82. The van der Waals surface area contributed by atoms with Crippen LogP contribution in [0.5, 0.6) is 0 Å². The average Bonchev–Trinajstić information content (AvgIpc) is 3.25. The molecule has 1 aromatic heterocycles. The van der Waals surface area contributed by atoms with Crippen LogP contribution in [0.15, 0.2) is 89.3 Å². The first-order chi connectivity index (χ1) is 18.1. The molecule has 0 aliphatic rings. The Hall–Kier alpha value is -4.30. The normalized spacial score (nSPS) is 12.4. The van der Waals surface area contributed by atoms with Gasteiger partial charge >= 0.3 is 12.1 Å². The lowest BCUT2D eigenvalue weighted by Gasteiger charge is -2.19. The van der Waals surface area contributed by atoms with Crippen LogP contribution in [0.3, 0.4) is 0 Å². The molecule has 5 aromatic rings. The van der Waals surface area contributed by atoms with Crippen molar-refractivity contribution in [2.24, 2.45) is 0 Å². The van der Waals surface area contributed by atoms with Gasteiger partial charge in [-0.05, 0) is 30.5 Å². The van der Waals surface area contributed by atoms with Crippen LogP contribution in [0.1, 0.15) is 33.3 Å². The maximum absolute atomic E-state index is 13.3. The summed E-state index contributed by atoms with van der Waals surface area (Å²) in [7, 11) is 0. The number of rotatable bonds is 5. The summed E-state index contributed by atoms with van der Waals surface area (Å²) < 4.78 is 51.2. The number of furan rings is 1. The molecule has 1 N–H and O–H groups in total. The lowest BCUT2D eigenvalue weighted by Crippen LogP contribution is -2.26. The SMILES string of the molecule is Cc1c(C(=O)OC(C(=O)Nc2cc(C(F)(F)F)ccc2Cl)c2ccccc2)oc2c1ccc1ccccc12. The van der Waals surface area contributed by atoms with Gasteiger partial charge in [-0.1, -0.05) is 78.3 Å². The minimum absolute atomic E-state index is 0.0813. The largest absolute Gasteiger partial charge is 0.448 e. The van der Waals surface area contributed by atoms with Crippen LogP contribution in [0, 0.1) is 6.92 Å². The number of benzene rings is 4. The molecular formula is C29H19ClF3NO4. The molecule has 5 nitrogen and oxygen atoms in total. The Morgan fingerprint density at radius 3 is 2.37 bits per heavy atom. The Kier molecular flexibility index (Phi) is 6.59. The molecule has 0 spiro atoms. The van der Waals surface area contributed by atoms with Gasteiger partial charge < -0.3 is 14.5 Å². The highest BCUT2D eigenvalue weighted by molar-refractivity contribution is 6.33. The van der Waals surface area contributed by atoms with Crippen LogP contribution in [-0.2, 0) is 15.7 Å². The fraction of sp³-hybridized carbons (Fsp3) is 0.103. The lowest BCUT2D eigenvalue weighted by molar-refractivity contribution is -0.137. The van der Waals surface area contributed by atoms with Crippen molar-refractivity contribution < 1.29 is 31.9 Å². The van der Waals surface area contributed by atoms with Gasteiger partial charge in [0, 0.05) is 21.9 Å². The predicted molar refractivity (Wildman–Crippen MR) is 138 cm³/mol. The number of halogens is 4. The second kappa shape index (κ2) is 9.87. The van der Waals surface area contributed by atoms with Crippen molar-refractivity contribution in [3.05, 3.63) is 112 Å². The van der Waals surface area contributed by atoms with Gasteiger partial charge in [-0.2, -0.15) is 13.2 Å². The number of nitrogens with one attached hydrogen (secondary N) is 1. The third-order valence-electron chi connectivity index (χ3n) is 6.13. The molecule has 192 valence electrons. The van der Waals surface area contributed by atoms with Crippen molar-refractivity contribution >= 4 is 50.9 Å². The van der Waals surface area contributed by atoms with Crippen LogP contribution in [0.4, 0.5) is 18.9 Å². The molecule has 0 fully saturated rings. The molecule has 0 radical (unpaired) electrons. The van der Waals surface area contributed by atoms with Crippen molar-refractivity contribution in [3.63, 3.8) is 0 Å². The highest BCUT2D eigenvalue weighted by Crippen LogP contribution is 2.35. The topological polar surface area (TPSA) is 68.5 Å². The second-order valence-electron chi connectivity index (χ2n) is 8.60. The summed E-state index contributed by atoms with van der Waals surface area (Å²) in [6, 6.07) is 21.9. The molecular weight excluding hydrogens is 519 g/mol. The number of fused-ring (bicyclic) bond motifs is 3. The molecule has 0 aliphatic carbocycles. The monoisotopic (exact) mass is 537 g/mol. The van der Waals surface area contributed by atoms with Gasteiger partial charge in [-0.15, -0.1) is 0 Å². The summed E-state index contributed by atoms with van der Waals surface area (Å²) in [4.78, 5) is 26.6. The van der Waals surface area contributed by atoms with Crippen LogP contribution in [-0.4, -0.2) is 11.9 Å². The van der Waals surface area contributed by atoms with Crippen molar-refractivity contribution in [1.82, 2.24) is 0 Å². The number of anilines is 1. The highest BCUT2D eigenvalue weighted by Gasteiger charge is 2.33. The number of aryl methyl sites for hydroxylation is 1. The molecule has 1 unspecified atom stereocenters. The van der Waals surface area contributed by atoms with Crippen molar-refractivity contribution in [2.75, 3.05) is 5.32 Å². The summed E-state index contributed by atoms with van der Waals surface area (Å²) in [5.74, 6) is -1.87. The Labute approximate surface area is 219 Å². The first kappa shape index (κ1) is 25.4. The van der Waals surface area contributed by atoms with E-state index < -0.39 is 29.7 Å². The van der Waals surface area contributed by atoms with Crippen LogP contribution in [0.2, 0.25) is 5.02 Å². The van der Waals surface area contributed by atoms with E-state index in [1.165, 1.54) is 0 Å². The molecule has 1 atom stereocenters. The van der Waals surface area contributed by atoms with E-state index in [1.807, 2.05) is 36.4 Å². The molecule has 0 saturated carbocycles. The van der Waals surface area contributed by atoms with Crippen molar-refractivity contribution in [1.29, 1.82) is 0 Å². The Bertz CT molecular complexity index is 1680. The second-order valence-corrected chi connectivity index (χ2v) is 9.00. The fourth-order valence-corrected chi connectivity index (χ4v) is 4.37. The molecule has 38 heavy (non-hydrogen) atoms. The zero-order valence-electron chi connectivity index (χ0n) is 19.8. The Balaban J connectivity index is 1.49. The number of esters is 1. The standard InChI is InChI=1S/C29H19ClF3NO4/c1-16-20-13-11-17-7-5-6-10-21(17)26(20)37-24(16)28(36)38-25(18-8-3-2-4-9-18)27(35)34-23-15-19(29(31,32)33)12-14-22(23)30/h2-15,25H,1H3,(H,34,35).